The maximum atomic E-state index is 12.2. The topological polar surface area (TPSA) is 108 Å². The zero-order valence-electron chi connectivity index (χ0n) is 26.4. The van der Waals surface area contributed by atoms with E-state index >= 15 is 0 Å². The van der Waals surface area contributed by atoms with Gasteiger partial charge in [0.05, 0.1) is 12.1 Å². The second-order valence-corrected chi connectivity index (χ2v) is 11.5. The Bertz CT molecular complexity index is 668. The Kier molecular flexibility index (Phi) is 21.0. The van der Waals surface area contributed by atoms with Crippen molar-refractivity contribution in [2.45, 2.75) is 132 Å². The van der Waals surface area contributed by atoms with Crippen LogP contribution < -0.4 is 16.0 Å². The van der Waals surface area contributed by atoms with Gasteiger partial charge in [-0.3, -0.25) is 19.3 Å². The normalized spacial score (nSPS) is 20.4. The molecule has 0 bridgehead atoms. The van der Waals surface area contributed by atoms with Crippen molar-refractivity contribution in [1.82, 2.24) is 20.9 Å². The van der Waals surface area contributed by atoms with Crippen molar-refractivity contribution in [1.29, 1.82) is 0 Å². The van der Waals surface area contributed by atoms with Crippen molar-refractivity contribution >= 4 is 24.0 Å². The minimum absolute atomic E-state index is 0.0642. The van der Waals surface area contributed by atoms with E-state index < -0.39 is 5.41 Å². The Morgan fingerprint density at radius 2 is 1.74 bits per heavy atom. The number of nitrogens with zero attached hydrogens (tertiary/aromatic N) is 1. The third-order valence-corrected chi connectivity index (χ3v) is 6.75. The molecule has 3 amide bonds. The first kappa shape index (κ1) is 38.2. The Morgan fingerprint density at radius 3 is 2.11 bits per heavy atom. The summed E-state index contributed by atoms with van der Waals surface area (Å²) in [6, 6.07) is 0.0463. The van der Waals surface area contributed by atoms with Gasteiger partial charge in [0.1, 0.15) is 6.29 Å². The third kappa shape index (κ3) is 16.1. The summed E-state index contributed by atoms with van der Waals surface area (Å²) in [5.41, 5.74) is -0.423. The van der Waals surface area contributed by atoms with Gasteiger partial charge in [-0.25, -0.2) is 0 Å². The highest BCUT2D eigenvalue weighted by Crippen LogP contribution is 2.29. The lowest BCUT2D eigenvalue weighted by atomic mass is 9.88. The highest BCUT2D eigenvalue weighted by molar-refractivity contribution is 5.84. The molecule has 4 atom stereocenters. The van der Waals surface area contributed by atoms with E-state index in [0.29, 0.717) is 11.8 Å². The molecule has 0 spiro atoms. The number of amides is 3. The number of unbranched alkanes of at least 4 members (excludes halogenated alkanes) is 1. The van der Waals surface area contributed by atoms with Gasteiger partial charge in [0.25, 0.3) is 0 Å². The van der Waals surface area contributed by atoms with Gasteiger partial charge in [0, 0.05) is 24.4 Å². The molecule has 38 heavy (non-hydrogen) atoms. The van der Waals surface area contributed by atoms with Crippen LogP contribution in [0.25, 0.3) is 0 Å². The lowest BCUT2D eigenvalue weighted by Crippen LogP contribution is -2.48. The van der Waals surface area contributed by atoms with Crippen LogP contribution in [0.1, 0.15) is 114 Å². The molecule has 2 saturated heterocycles. The van der Waals surface area contributed by atoms with Crippen molar-refractivity contribution in [2.75, 3.05) is 20.1 Å². The highest BCUT2D eigenvalue weighted by atomic mass is 16.2. The fourth-order valence-electron chi connectivity index (χ4n) is 4.05. The van der Waals surface area contributed by atoms with Crippen LogP contribution in [0.5, 0.6) is 0 Å². The second kappa shape index (κ2) is 20.9. The third-order valence-electron chi connectivity index (χ3n) is 6.75. The van der Waals surface area contributed by atoms with E-state index in [1.807, 2.05) is 34.6 Å². The van der Waals surface area contributed by atoms with Crippen LogP contribution in [0.15, 0.2) is 0 Å². The molecule has 2 aliphatic rings. The molecule has 0 radical (unpaired) electrons. The number of hydrogen-bond acceptors (Lipinski definition) is 5. The zero-order valence-corrected chi connectivity index (χ0v) is 26.4. The summed E-state index contributed by atoms with van der Waals surface area (Å²) in [6.45, 7) is 22.1. The van der Waals surface area contributed by atoms with Gasteiger partial charge in [-0.2, -0.15) is 0 Å². The first-order valence-corrected chi connectivity index (χ1v) is 14.8. The number of nitrogens with one attached hydrogen (secondary N) is 3. The number of carbonyl (C=O) groups is 4. The Labute approximate surface area is 233 Å². The number of aldehydes is 1. The maximum Gasteiger partial charge on any atom is 0.237 e. The highest BCUT2D eigenvalue weighted by Gasteiger charge is 2.38. The number of hydrogen-bond donors (Lipinski definition) is 3. The number of likely N-dealkylation sites (tertiary alicyclic amines) is 1. The molecular weight excluding hydrogens is 480 g/mol. The van der Waals surface area contributed by atoms with E-state index in [-0.39, 0.29) is 35.8 Å². The molecule has 0 aromatic rings. The summed E-state index contributed by atoms with van der Waals surface area (Å²) >= 11 is 0. The summed E-state index contributed by atoms with van der Waals surface area (Å²) in [5, 5.41) is 8.52. The summed E-state index contributed by atoms with van der Waals surface area (Å²) in [7, 11) is 2.06. The van der Waals surface area contributed by atoms with Crippen molar-refractivity contribution in [3.8, 4) is 0 Å². The molecule has 0 saturated carbocycles. The van der Waals surface area contributed by atoms with Crippen molar-refractivity contribution in [3.63, 3.8) is 0 Å². The summed E-state index contributed by atoms with van der Waals surface area (Å²) in [6.07, 6.45) is 7.46. The zero-order chi connectivity index (χ0) is 29.9. The van der Waals surface area contributed by atoms with Crippen LogP contribution in [-0.4, -0.2) is 67.2 Å². The van der Waals surface area contributed by atoms with Crippen molar-refractivity contribution in [2.24, 2.45) is 17.3 Å². The van der Waals surface area contributed by atoms with Gasteiger partial charge in [-0.05, 0) is 58.0 Å². The van der Waals surface area contributed by atoms with Gasteiger partial charge in [-0.1, -0.05) is 75.2 Å². The average Bonchev–Trinajstić information content (AvgIpc) is 3.51. The van der Waals surface area contributed by atoms with Gasteiger partial charge < -0.3 is 20.7 Å². The van der Waals surface area contributed by atoms with E-state index in [4.69, 9.17) is 0 Å². The van der Waals surface area contributed by atoms with Crippen LogP contribution in [0, 0.1) is 17.3 Å². The first-order valence-electron chi connectivity index (χ1n) is 14.8. The van der Waals surface area contributed by atoms with Gasteiger partial charge in [0.15, 0.2) is 0 Å². The Morgan fingerprint density at radius 1 is 1.13 bits per heavy atom. The molecule has 2 rings (SSSR count). The molecular formula is C30H60N4O4. The van der Waals surface area contributed by atoms with E-state index in [2.05, 4.69) is 62.5 Å². The monoisotopic (exact) mass is 540 g/mol. The number of carbonyl (C=O) groups excluding carboxylic acids is 4. The molecule has 3 N–H and O–H groups in total. The maximum absolute atomic E-state index is 12.2. The van der Waals surface area contributed by atoms with Gasteiger partial charge in [0.2, 0.25) is 17.7 Å². The van der Waals surface area contributed by atoms with Crippen molar-refractivity contribution in [3.05, 3.63) is 0 Å². The summed E-state index contributed by atoms with van der Waals surface area (Å²) in [4.78, 5) is 46.7. The molecule has 2 aliphatic heterocycles. The largest absolute Gasteiger partial charge is 0.356 e. The predicted molar refractivity (Wildman–Crippen MR) is 158 cm³/mol. The van der Waals surface area contributed by atoms with Crippen LogP contribution in [0.3, 0.4) is 0 Å². The number of likely N-dealkylation sites (N-methyl/N-ethyl adjacent to an activating group) is 1. The molecule has 224 valence electrons. The fourth-order valence-corrected chi connectivity index (χ4v) is 4.05. The van der Waals surface area contributed by atoms with Crippen LogP contribution in [0.2, 0.25) is 0 Å². The average molecular weight is 541 g/mol. The molecule has 0 aliphatic carbocycles. The molecule has 2 heterocycles. The Balaban J connectivity index is 0. The van der Waals surface area contributed by atoms with E-state index in [1.165, 1.54) is 0 Å². The minimum atomic E-state index is -0.423. The molecule has 8 nitrogen and oxygen atoms in total. The van der Waals surface area contributed by atoms with E-state index in [0.717, 1.165) is 64.3 Å². The first-order chi connectivity index (χ1) is 17.8. The lowest BCUT2D eigenvalue weighted by Gasteiger charge is -2.27. The van der Waals surface area contributed by atoms with E-state index in [9.17, 15) is 19.2 Å². The quantitative estimate of drug-likeness (QED) is 0.367. The summed E-state index contributed by atoms with van der Waals surface area (Å²) in [5.74, 6) is 1.44. The fraction of sp³-hybridized carbons (Fsp3) is 0.867. The standard InChI is InChI=1S/C13H26N2O.C11H21NO2.C4H7NO.C2H6/c1-6-10(4)14-13(16)12-11(9(2)3)7-8-15(12)5;1-5-6-7-9(8-13)12-10(14)11(2,3)4;6-4-2-1-3-5-4;1-2/h9-12H,6-8H2,1-5H3,(H,14,16);8-9H,5-7H2,1-4H3,(H,12,14);1-3H2,(H,5,6);1-2H3/t10-,11-,12?;9-;;/m10../s1. The molecule has 1 unspecified atom stereocenters. The molecule has 0 aromatic heterocycles. The minimum Gasteiger partial charge on any atom is -0.356 e. The number of rotatable bonds is 9. The summed E-state index contributed by atoms with van der Waals surface area (Å²) < 4.78 is 0. The SMILES string of the molecule is CC.CCCC[C@@H](C=O)NC(=O)C(C)(C)C.CC[C@@H](C)NC(=O)C1[C@@H](C(C)C)CCN1C.O=C1CCCN1. The molecule has 2 fully saturated rings. The smallest absolute Gasteiger partial charge is 0.237 e. The Hall–Kier alpha value is -1.96. The molecule has 8 heteroatoms. The van der Waals surface area contributed by atoms with Crippen LogP contribution >= 0.6 is 0 Å². The second-order valence-electron chi connectivity index (χ2n) is 11.5. The van der Waals surface area contributed by atoms with Crippen molar-refractivity contribution < 1.29 is 19.2 Å². The van der Waals surface area contributed by atoms with Gasteiger partial charge >= 0.3 is 0 Å². The van der Waals surface area contributed by atoms with E-state index in [1.54, 1.807) is 0 Å². The molecule has 0 aromatic carbocycles. The van der Waals surface area contributed by atoms with Crippen LogP contribution in [-0.2, 0) is 19.2 Å². The van der Waals surface area contributed by atoms with Crippen LogP contribution in [0.4, 0.5) is 0 Å². The predicted octanol–water partition coefficient (Wildman–Crippen LogP) is 4.71. The lowest BCUT2D eigenvalue weighted by molar-refractivity contribution is -0.130. The van der Waals surface area contributed by atoms with Gasteiger partial charge in [-0.15, -0.1) is 0 Å².